The molecule has 84 valence electrons. The average Bonchev–Trinajstić information content (AvgIpc) is 2.15. The Kier molecular flexibility index (Phi) is 5.66. The number of nitro groups is 1. The zero-order chi connectivity index (χ0) is 10.6. The number of aryl methyl sites for hydroxylation is 1. The van der Waals surface area contributed by atoms with E-state index >= 15 is 0 Å². The summed E-state index contributed by atoms with van der Waals surface area (Å²) in [5, 5.41) is 13.5. The van der Waals surface area contributed by atoms with Crippen LogP contribution in [0.2, 0.25) is 0 Å². The molecule has 0 heterocycles. The Morgan fingerprint density at radius 2 is 2.20 bits per heavy atom. The molecule has 0 bridgehead atoms. The zero-order valence-electron chi connectivity index (χ0n) is 8.37. The molecule has 0 radical (unpaired) electrons. The van der Waals surface area contributed by atoms with Gasteiger partial charge in [0.15, 0.2) is 0 Å². The standard InChI is InChI=1S/C9H13N3O2.ClH/c1-7-6-8(12(13)14)2-3-9(7)11-5-4-10;/h2-3,6,11H,4-5,10H2,1H3;1H/p-1. The van der Waals surface area contributed by atoms with Gasteiger partial charge >= 0.3 is 0 Å². The summed E-state index contributed by atoms with van der Waals surface area (Å²) in [7, 11) is 0. The molecule has 0 amide bonds. The summed E-state index contributed by atoms with van der Waals surface area (Å²) in [5.41, 5.74) is 7.19. The van der Waals surface area contributed by atoms with Gasteiger partial charge in [-0.15, -0.1) is 0 Å². The van der Waals surface area contributed by atoms with Gasteiger partial charge < -0.3 is 23.5 Å². The van der Waals surface area contributed by atoms with Crippen molar-refractivity contribution in [3.05, 3.63) is 33.9 Å². The Balaban J connectivity index is 0.00000196. The van der Waals surface area contributed by atoms with E-state index in [1.54, 1.807) is 12.1 Å². The van der Waals surface area contributed by atoms with Gasteiger partial charge in [-0.3, -0.25) is 10.1 Å². The Morgan fingerprint density at radius 1 is 1.53 bits per heavy atom. The third-order valence-corrected chi connectivity index (χ3v) is 1.88. The number of hydrogen-bond acceptors (Lipinski definition) is 4. The van der Waals surface area contributed by atoms with Crippen LogP contribution in [0, 0.1) is 17.0 Å². The number of halogens is 1. The van der Waals surface area contributed by atoms with Gasteiger partial charge in [0.25, 0.3) is 5.69 Å². The average molecular weight is 231 g/mol. The fourth-order valence-corrected chi connectivity index (χ4v) is 1.17. The number of nitrogens with zero attached hydrogens (tertiary/aromatic N) is 1. The predicted octanol–water partition coefficient (Wildman–Crippen LogP) is -1.72. The second-order valence-electron chi connectivity index (χ2n) is 2.97. The van der Waals surface area contributed by atoms with E-state index in [9.17, 15) is 10.1 Å². The maximum Gasteiger partial charge on any atom is 0.269 e. The molecule has 6 heteroatoms. The van der Waals surface area contributed by atoms with Crippen molar-refractivity contribution < 1.29 is 17.3 Å². The summed E-state index contributed by atoms with van der Waals surface area (Å²) in [4.78, 5) is 10.0. The molecule has 0 unspecified atom stereocenters. The van der Waals surface area contributed by atoms with Crippen LogP contribution in [0.3, 0.4) is 0 Å². The van der Waals surface area contributed by atoms with Gasteiger partial charge in [0.05, 0.1) is 4.92 Å². The van der Waals surface area contributed by atoms with Crippen molar-refractivity contribution in [3.8, 4) is 0 Å². The zero-order valence-corrected chi connectivity index (χ0v) is 9.12. The molecule has 1 aromatic carbocycles. The van der Waals surface area contributed by atoms with Gasteiger partial charge in [0.2, 0.25) is 0 Å². The van der Waals surface area contributed by atoms with E-state index in [1.165, 1.54) is 6.07 Å². The van der Waals surface area contributed by atoms with Gasteiger partial charge in [-0.25, -0.2) is 0 Å². The summed E-state index contributed by atoms with van der Waals surface area (Å²) in [5.74, 6) is 0. The summed E-state index contributed by atoms with van der Waals surface area (Å²) in [6.45, 7) is 3.03. The van der Waals surface area contributed by atoms with Crippen LogP contribution >= 0.6 is 0 Å². The SMILES string of the molecule is Cc1cc([N+](=O)[O-])ccc1NCCN.[Cl-]. The quantitative estimate of drug-likeness (QED) is 0.476. The summed E-state index contributed by atoms with van der Waals surface area (Å²) in [6, 6.07) is 4.72. The lowest BCUT2D eigenvalue weighted by atomic mass is 10.2. The fraction of sp³-hybridized carbons (Fsp3) is 0.333. The van der Waals surface area contributed by atoms with E-state index in [0.717, 1.165) is 11.3 Å². The van der Waals surface area contributed by atoms with Crippen LogP contribution in [-0.2, 0) is 0 Å². The number of non-ortho nitro benzene ring substituents is 1. The van der Waals surface area contributed by atoms with E-state index in [1.807, 2.05) is 6.92 Å². The highest BCUT2D eigenvalue weighted by Gasteiger charge is 2.06. The van der Waals surface area contributed by atoms with Crippen molar-refractivity contribution in [3.63, 3.8) is 0 Å². The molecule has 15 heavy (non-hydrogen) atoms. The lowest BCUT2D eigenvalue weighted by Gasteiger charge is -2.07. The Morgan fingerprint density at radius 3 is 2.67 bits per heavy atom. The molecule has 0 aliphatic rings. The van der Waals surface area contributed by atoms with Gasteiger partial charge in [-0.2, -0.15) is 0 Å². The molecular weight excluding hydrogens is 218 g/mol. The fourth-order valence-electron chi connectivity index (χ4n) is 1.17. The van der Waals surface area contributed by atoms with Crippen molar-refractivity contribution in [2.45, 2.75) is 6.92 Å². The minimum Gasteiger partial charge on any atom is -1.00 e. The molecule has 0 aliphatic carbocycles. The van der Waals surface area contributed by atoms with Crippen LogP contribution in [0.1, 0.15) is 5.56 Å². The minimum atomic E-state index is -0.403. The van der Waals surface area contributed by atoms with Crippen molar-refractivity contribution in [2.75, 3.05) is 18.4 Å². The maximum absolute atomic E-state index is 10.4. The van der Waals surface area contributed by atoms with Crippen LogP contribution in [-0.4, -0.2) is 18.0 Å². The first-order chi connectivity index (χ1) is 6.65. The van der Waals surface area contributed by atoms with Gasteiger partial charge in [-0.05, 0) is 18.6 Å². The van der Waals surface area contributed by atoms with Gasteiger partial charge in [-0.1, -0.05) is 0 Å². The molecule has 0 atom stereocenters. The molecular formula is C9H13ClN3O2-. The van der Waals surface area contributed by atoms with E-state index in [4.69, 9.17) is 5.73 Å². The number of rotatable bonds is 4. The van der Waals surface area contributed by atoms with Gasteiger partial charge in [0, 0.05) is 30.9 Å². The van der Waals surface area contributed by atoms with Crippen molar-refractivity contribution in [2.24, 2.45) is 5.73 Å². The topological polar surface area (TPSA) is 81.2 Å². The largest absolute Gasteiger partial charge is 1.00 e. The number of hydrogen-bond donors (Lipinski definition) is 2. The van der Waals surface area contributed by atoms with Crippen molar-refractivity contribution in [1.82, 2.24) is 0 Å². The molecule has 0 aliphatic heterocycles. The highest BCUT2D eigenvalue weighted by atomic mass is 35.5. The van der Waals surface area contributed by atoms with E-state index in [2.05, 4.69) is 5.32 Å². The molecule has 0 spiro atoms. The van der Waals surface area contributed by atoms with Crippen LogP contribution in [0.4, 0.5) is 11.4 Å². The Labute approximate surface area is 94.2 Å². The molecule has 3 N–H and O–H groups in total. The number of anilines is 1. The molecule has 0 saturated heterocycles. The summed E-state index contributed by atoms with van der Waals surface area (Å²) in [6.07, 6.45) is 0. The molecule has 0 fully saturated rings. The number of nitro benzene ring substituents is 1. The second kappa shape index (κ2) is 6.21. The van der Waals surface area contributed by atoms with E-state index in [-0.39, 0.29) is 18.1 Å². The molecule has 1 aromatic rings. The first-order valence-corrected chi connectivity index (χ1v) is 4.34. The lowest BCUT2D eigenvalue weighted by Crippen LogP contribution is -3.00. The smallest absolute Gasteiger partial charge is 0.269 e. The third-order valence-electron chi connectivity index (χ3n) is 1.88. The Bertz CT molecular complexity index is 344. The first-order valence-electron chi connectivity index (χ1n) is 4.34. The van der Waals surface area contributed by atoms with Crippen molar-refractivity contribution in [1.29, 1.82) is 0 Å². The monoisotopic (exact) mass is 230 g/mol. The van der Waals surface area contributed by atoms with Crippen molar-refractivity contribution >= 4 is 11.4 Å². The van der Waals surface area contributed by atoms with E-state index < -0.39 is 4.92 Å². The van der Waals surface area contributed by atoms with Crippen LogP contribution in [0.15, 0.2) is 18.2 Å². The number of benzene rings is 1. The van der Waals surface area contributed by atoms with Crippen LogP contribution < -0.4 is 23.5 Å². The molecule has 0 aromatic heterocycles. The van der Waals surface area contributed by atoms with Crippen LogP contribution in [0.25, 0.3) is 0 Å². The molecule has 0 saturated carbocycles. The number of nitrogens with two attached hydrogens (primary N) is 1. The molecule has 1 rings (SSSR count). The Hall–Kier alpha value is -1.33. The first kappa shape index (κ1) is 13.7. The predicted molar refractivity (Wildman–Crippen MR) is 55.4 cm³/mol. The summed E-state index contributed by atoms with van der Waals surface area (Å²) < 4.78 is 0. The van der Waals surface area contributed by atoms with E-state index in [0.29, 0.717) is 13.1 Å². The minimum absolute atomic E-state index is 0. The lowest BCUT2D eigenvalue weighted by molar-refractivity contribution is -0.384. The molecule has 5 nitrogen and oxygen atoms in total. The van der Waals surface area contributed by atoms with Gasteiger partial charge in [0.1, 0.15) is 0 Å². The second-order valence-corrected chi connectivity index (χ2v) is 2.97. The van der Waals surface area contributed by atoms with Crippen LogP contribution in [0.5, 0.6) is 0 Å². The highest BCUT2D eigenvalue weighted by molar-refractivity contribution is 5.55. The number of nitrogens with one attached hydrogen (secondary N) is 1. The third kappa shape index (κ3) is 3.73. The maximum atomic E-state index is 10.4. The normalized spacial score (nSPS) is 9.20. The summed E-state index contributed by atoms with van der Waals surface area (Å²) >= 11 is 0. The highest BCUT2D eigenvalue weighted by Crippen LogP contribution is 2.20.